The normalized spacial score (nSPS) is 29.6. The lowest BCUT2D eigenvalue weighted by Crippen LogP contribution is -2.59. The van der Waals surface area contributed by atoms with Gasteiger partial charge in [0.2, 0.25) is 6.29 Å². The number of aliphatic hydroxyl groups is 3. The second kappa shape index (κ2) is 7.38. The van der Waals surface area contributed by atoms with Crippen LogP contribution in [0.4, 0.5) is 10.1 Å². The largest absolute Gasteiger partial charge is 0.461 e. The second-order valence-corrected chi connectivity index (χ2v) is 4.89. The number of nitrogens with zero attached hydrogens (tertiary/aromatic N) is 4. The van der Waals surface area contributed by atoms with E-state index in [1.165, 1.54) is 0 Å². The predicted octanol–water partition coefficient (Wildman–Crippen LogP) is 0.231. The molecule has 0 amide bonds. The van der Waals surface area contributed by atoms with Crippen LogP contribution >= 0.6 is 0 Å². The van der Waals surface area contributed by atoms with Crippen LogP contribution in [0.5, 0.6) is 5.75 Å². The van der Waals surface area contributed by atoms with Gasteiger partial charge in [-0.1, -0.05) is 5.11 Å². The molecule has 1 saturated heterocycles. The molecule has 1 heterocycles. The van der Waals surface area contributed by atoms with Crippen molar-refractivity contribution in [2.45, 2.75) is 30.6 Å². The molecule has 1 aliphatic heterocycles. The van der Waals surface area contributed by atoms with Crippen LogP contribution in [0.25, 0.3) is 10.4 Å². The molecule has 24 heavy (non-hydrogen) atoms. The van der Waals surface area contributed by atoms with E-state index < -0.39 is 59.4 Å². The molecule has 130 valence electrons. The van der Waals surface area contributed by atoms with Crippen molar-refractivity contribution in [2.75, 3.05) is 6.61 Å². The van der Waals surface area contributed by atoms with E-state index in [1.54, 1.807) is 0 Å². The highest BCUT2D eigenvalue weighted by Gasteiger charge is 2.45. The first-order valence-electron chi connectivity index (χ1n) is 6.66. The Labute approximate surface area is 133 Å². The van der Waals surface area contributed by atoms with Gasteiger partial charge < -0.3 is 24.8 Å². The predicted molar refractivity (Wildman–Crippen MR) is 74.4 cm³/mol. The Morgan fingerprint density at radius 3 is 2.71 bits per heavy atom. The van der Waals surface area contributed by atoms with E-state index in [0.717, 1.165) is 12.1 Å². The van der Waals surface area contributed by atoms with E-state index in [9.17, 15) is 24.7 Å². The van der Waals surface area contributed by atoms with E-state index in [4.69, 9.17) is 20.1 Å². The average molecular weight is 344 g/mol. The lowest BCUT2D eigenvalue weighted by atomic mass is 9.98. The number of benzene rings is 1. The summed E-state index contributed by atoms with van der Waals surface area (Å²) >= 11 is 0. The molecule has 0 aromatic heterocycles. The zero-order valence-electron chi connectivity index (χ0n) is 12.0. The van der Waals surface area contributed by atoms with Crippen LogP contribution in [0, 0.1) is 15.9 Å². The van der Waals surface area contributed by atoms with Crippen molar-refractivity contribution in [3.8, 4) is 5.75 Å². The minimum absolute atomic E-state index is 0.455. The molecule has 0 aliphatic carbocycles. The van der Waals surface area contributed by atoms with Gasteiger partial charge in [0.25, 0.3) is 5.69 Å². The lowest BCUT2D eigenvalue weighted by molar-refractivity contribution is -0.385. The highest BCUT2D eigenvalue weighted by atomic mass is 19.1. The zero-order chi connectivity index (χ0) is 17.9. The number of ether oxygens (including phenoxy) is 2. The van der Waals surface area contributed by atoms with E-state index in [-0.39, 0.29) is 0 Å². The van der Waals surface area contributed by atoms with Gasteiger partial charge in [-0.15, -0.1) is 0 Å². The van der Waals surface area contributed by atoms with Crippen molar-refractivity contribution < 1.29 is 34.1 Å². The van der Waals surface area contributed by atoms with Gasteiger partial charge in [-0.25, -0.2) is 4.39 Å². The lowest BCUT2D eigenvalue weighted by Gasteiger charge is -2.40. The van der Waals surface area contributed by atoms with Crippen LogP contribution in [-0.4, -0.2) is 57.5 Å². The molecular weight excluding hydrogens is 331 g/mol. The third-order valence-electron chi connectivity index (χ3n) is 3.40. The molecule has 0 bridgehead atoms. The Morgan fingerprint density at radius 1 is 1.46 bits per heavy atom. The van der Waals surface area contributed by atoms with E-state index in [2.05, 4.69) is 10.0 Å². The number of hydrogen-bond acceptors (Lipinski definition) is 8. The SMILES string of the molecule is [N-]=[N+]=NC1[C@H](Oc2ccc([N+](=O)[O-])cc2F)OC(CO)[C@H](O)[C@@H]1O. The fraction of sp³-hybridized carbons (Fsp3) is 0.500. The fourth-order valence-electron chi connectivity index (χ4n) is 2.17. The number of non-ortho nitro benzene ring substituents is 1. The quantitative estimate of drug-likeness (QED) is 0.225. The van der Waals surface area contributed by atoms with Crippen molar-refractivity contribution in [3.05, 3.63) is 44.6 Å². The van der Waals surface area contributed by atoms with Gasteiger partial charge >= 0.3 is 0 Å². The van der Waals surface area contributed by atoms with Crippen LogP contribution in [0.1, 0.15) is 0 Å². The molecular formula is C12H13FN4O7. The molecule has 1 fully saturated rings. The van der Waals surface area contributed by atoms with Gasteiger partial charge in [-0.3, -0.25) is 10.1 Å². The van der Waals surface area contributed by atoms with Crippen molar-refractivity contribution in [2.24, 2.45) is 5.11 Å². The van der Waals surface area contributed by atoms with E-state index in [0.29, 0.717) is 6.07 Å². The summed E-state index contributed by atoms with van der Waals surface area (Å²) in [5, 5.41) is 42.6. The number of halogens is 1. The first kappa shape index (κ1) is 17.8. The van der Waals surface area contributed by atoms with Crippen LogP contribution < -0.4 is 4.74 Å². The maximum absolute atomic E-state index is 13.9. The Kier molecular flexibility index (Phi) is 5.49. The van der Waals surface area contributed by atoms with Crippen LogP contribution in [-0.2, 0) is 4.74 Å². The summed E-state index contributed by atoms with van der Waals surface area (Å²) in [5.41, 5.74) is 8.04. The maximum Gasteiger partial charge on any atom is 0.272 e. The summed E-state index contributed by atoms with van der Waals surface area (Å²) in [5.74, 6) is -1.53. The van der Waals surface area contributed by atoms with Crippen LogP contribution in [0.3, 0.4) is 0 Å². The van der Waals surface area contributed by atoms with E-state index >= 15 is 0 Å². The van der Waals surface area contributed by atoms with Gasteiger partial charge in [-0.05, 0) is 11.6 Å². The molecule has 0 saturated carbocycles. The third-order valence-corrected chi connectivity index (χ3v) is 3.40. The molecule has 2 rings (SSSR count). The summed E-state index contributed by atoms with van der Waals surface area (Å²) < 4.78 is 24.2. The Balaban J connectivity index is 2.27. The average Bonchev–Trinajstić information content (AvgIpc) is 2.55. The first-order valence-corrected chi connectivity index (χ1v) is 6.66. The van der Waals surface area contributed by atoms with Gasteiger partial charge in [0.15, 0.2) is 11.6 Å². The number of nitro benzene ring substituents is 1. The number of nitro groups is 1. The van der Waals surface area contributed by atoms with Crippen molar-refractivity contribution in [1.29, 1.82) is 0 Å². The Morgan fingerprint density at radius 2 is 2.17 bits per heavy atom. The van der Waals surface area contributed by atoms with Crippen molar-refractivity contribution in [1.82, 2.24) is 0 Å². The molecule has 11 nitrogen and oxygen atoms in total. The number of azide groups is 1. The topological polar surface area (TPSA) is 171 Å². The summed E-state index contributed by atoms with van der Waals surface area (Å²) in [6.07, 6.45) is -5.95. The summed E-state index contributed by atoms with van der Waals surface area (Å²) in [7, 11) is 0. The number of aliphatic hydroxyl groups excluding tert-OH is 3. The first-order chi connectivity index (χ1) is 11.4. The van der Waals surface area contributed by atoms with Gasteiger partial charge in [0.05, 0.1) is 23.7 Å². The maximum atomic E-state index is 13.9. The summed E-state index contributed by atoms with van der Waals surface area (Å²) in [4.78, 5) is 12.3. The zero-order valence-corrected chi connectivity index (χ0v) is 12.0. The van der Waals surface area contributed by atoms with Crippen LogP contribution in [0.15, 0.2) is 23.3 Å². The number of hydrogen-bond donors (Lipinski definition) is 3. The van der Waals surface area contributed by atoms with Crippen molar-refractivity contribution >= 4 is 5.69 Å². The minimum Gasteiger partial charge on any atom is -0.461 e. The smallest absolute Gasteiger partial charge is 0.272 e. The molecule has 2 unspecified atom stereocenters. The Bertz CT molecular complexity index is 669. The molecule has 0 radical (unpaired) electrons. The standard InChI is InChI=1S/C12H13FN4O7/c13-6-3-5(17(21)22)1-2-7(6)23-12-9(15-16-14)11(20)10(19)8(4-18)24-12/h1-3,8-12,18-20H,4H2/t8?,9?,10-,11+,12+/m0/s1. The fourth-order valence-corrected chi connectivity index (χ4v) is 2.17. The van der Waals surface area contributed by atoms with Gasteiger partial charge in [-0.2, -0.15) is 0 Å². The molecule has 0 spiro atoms. The summed E-state index contributed by atoms with van der Waals surface area (Å²) in [6.45, 7) is -0.677. The third kappa shape index (κ3) is 3.53. The molecule has 12 heteroatoms. The molecule has 5 atom stereocenters. The molecule has 1 aromatic carbocycles. The highest BCUT2D eigenvalue weighted by molar-refractivity contribution is 5.37. The highest BCUT2D eigenvalue weighted by Crippen LogP contribution is 2.29. The minimum atomic E-state index is -1.63. The molecule has 1 aromatic rings. The van der Waals surface area contributed by atoms with Crippen LogP contribution in [0.2, 0.25) is 0 Å². The van der Waals surface area contributed by atoms with Gasteiger partial charge in [0, 0.05) is 11.0 Å². The molecule has 3 N–H and O–H groups in total. The number of rotatable bonds is 5. The molecule has 1 aliphatic rings. The summed E-state index contributed by atoms with van der Waals surface area (Å²) in [6, 6.07) is 1.14. The second-order valence-electron chi connectivity index (χ2n) is 4.89. The van der Waals surface area contributed by atoms with Gasteiger partial charge in [0.1, 0.15) is 18.2 Å². The van der Waals surface area contributed by atoms with E-state index in [1.807, 2.05) is 0 Å². The monoisotopic (exact) mass is 344 g/mol. The Hall–Kier alpha value is -2.50. The van der Waals surface area contributed by atoms with Crippen molar-refractivity contribution in [3.63, 3.8) is 0 Å².